The Hall–Kier alpha value is -3.33. The van der Waals surface area contributed by atoms with Gasteiger partial charge in [0.15, 0.2) is 0 Å². The van der Waals surface area contributed by atoms with Crippen LogP contribution < -0.4 is 15.4 Å². The van der Waals surface area contributed by atoms with E-state index in [0.717, 1.165) is 25.0 Å². The van der Waals surface area contributed by atoms with Gasteiger partial charge in [0.2, 0.25) is 11.8 Å². The van der Waals surface area contributed by atoms with Gasteiger partial charge in [-0.2, -0.15) is 9.97 Å². The second-order valence-corrected chi connectivity index (χ2v) is 6.99. The molecular formula is C21H23FN6O2. The third kappa shape index (κ3) is 5.38. The largest absolute Gasteiger partial charge is 0.475 e. The number of nitrogens with one attached hydrogen (secondary N) is 2. The fourth-order valence-electron chi connectivity index (χ4n) is 3.10. The molecule has 0 radical (unpaired) electrons. The van der Waals surface area contributed by atoms with Gasteiger partial charge in [-0.25, -0.2) is 9.37 Å². The molecule has 1 saturated heterocycles. The molecule has 30 heavy (non-hydrogen) atoms. The van der Waals surface area contributed by atoms with Crippen molar-refractivity contribution in [3.8, 4) is 5.88 Å². The molecule has 1 aliphatic heterocycles. The predicted octanol–water partition coefficient (Wildman–Crippen LogP) is 3.88. The summed E-state index contributed by atoms with van der Waals surface area (Å²) in [6, 6.07) is 7.88. The maximum atomic E-state index is 13.2. The summed E-state index contributed by atoms with van der Waals surface area (Å²) in [6.45, 7) is 3.14. The smallest absolute Gasteiger partial charge is 0.228 e. The highest BCUT2D eigenvalue weighted by molar-refractivity contribution is 5.54. The minimum atomic E-state index is -0.276. The van der Waals surface area contributed by atoms with Gasteiger partial charge in [0.1, 0.15) is 24.1 Å². The minimum absolute atomic E-state index is 0.0749. The van der Waals surface area contributed by atoms with Crippen LogP contribution in [0.5, 0.6) is 5.88 Å². The SMILES string of the molecule is CC(Nc1nc(Nc2cnccn2)cc(OC[C@@H]2CCCO2)n1)c1ccc(F)cc1. The Morgan fingerprint density at radius 3 is 2.80 bits per heavy atom. The minimum Gasteiger partial charge on any atom is -0.475 e. The zero-order chi connectivity index (χ0) is 20.8. The normalized spacial score (nSPS) is 16.8. The molecule has 0 amide bonds. The lowest BCUT2D eigenvalue weighted by Crippen LogP contribution is -2.17. The molecule has 8 nitrogen and oxygen atoms in total. The van der Waals surface area contributed by atoms with E-state index in [1.165, 1.54) is 12.1 Å². The number of anilines is 3. The van der Waals surface area contributed by atoms with Crippen LogP contribution in [-0.4, -0.2) is 39.3 Å². The third-order valence-electron chi connectivity index (χ3n) is 4.68. The number of hydrogen-bond donors (Lipinski definition) is 2. The van der Waals surface area contributed by atoms with Crippen LogP contribution >= 0.6 is 0 Å². The van der Waals surface area contributed by atoms with Crippen LogP contribution in [-0.2, 0) is 4.74 Å². The highest BCUT2D eigenvalue weighted by Gasteiger charge is 2.17. The lowest BCUT2D eigenvalue weighted by molar-refractivity contribution is 0.0663. The fraction of sp³-hybridized carbons (Fsp3) is 0.333. The number of hydrogen-bond acceptors (Lipinski definition) is 8. The third-order valence-corrected chi connectivity index (χ3v) is 4.68. The Morgan fingerprint density at radius 1 is 1.20 bits per heavy atom. The summed E-state index contributed by atoms with van der Waals surface area (Å²) in [7, 11) is 0. The molecule has 3 aromatic rings. The Bertz CT molecular complexity index is 951. The Labute approximate surface area is 173 Å². The van der Waals surface area contributed by atoms with Crippen molar-refractivity contribution >= 4 is 17.6 Å². The quantitative estimate of drug-likeness (QED) is 0.578. The average Bonchev–Trinajstić information content (AvgIpc) is 3.27. The molecule has 0 bridgehead atoms. The highest BCUT2D eigenvalue weighted by atomic mass is 19.1. The fourth-order valence-corrected chi connectivity index (χ4v) is 3.10. The van der Waals surface area contributed by atoms with E-state index in [-0.39, 0.29) is 18.0 Å². The topological polar surface area (TPSA) is 94.1 Å². The molecule has 2 atom stereocenters. The molecule has 1 unspecified atom stereocenters. The van der Waals surface area contributed by atoms with E-state index in [1.807, 2.05) is 6.92 Å². The summed E-state index contributed by atoms with van der Waals surface area (Å²) in [5.74, 6) is 1.59. The van der Waals surface area contributed by atoms with E-state index in [1.54, 1.807) is 36.8 Å². The summed E-state index contributed by atoms with van der Waals surface area (Å²) in [5.41, 5.74) is 0.911. The van der Waals surface area contributed by atoms with Crippen molar-refractivity contribution in [2.45, 2.75) is 31.9 Å². The van der Waals surface area contributed by atoms with E-state index < -0.39 is 0 Å². The van der Waals surface area contributed by atoms with Crippen molar-refractivity contribution in [1.29, 1.82) is 0 Å². The molecule has 1 fully saturated rings. The summed E-state index contributed by atoms with van der Waals surface area (Å²) in [5, 5.41) is 6.35. The molecule has 1 aliphatic rings. The zero-order valence-electron chi connectivity index (χ0n) is 16.6. The van der Waals surface area contributed by atoms with Crippen molar-refractivity contribution < 1.29 is 13.9 Å². The second-order valence-electron chi connectivity index (χ2n) is 6.99. The van der Waals surface area contributed by atoms with Crippen molar-refractivity contribution in [2.24, 2.45) is 0 Å². The molecule has 0 saturated carbocycles. The number of rotatable bonds is 8. The lowest BCUT2D eigenvalue weighted by atomic mass is 10.1. The van der Waals surface area contributed by atoms with Gasteiger partial charge in [-0.15, -0.1) is 0 Å². The molecular weight excluding hydrogens is 387 g/mol. The first-order chi connectivity index (χ1) is 14.7. The van der Waals surface area contributed by atoms with Gasteiger partial charge in [-0.05, 0) is 37.5 Å². The number of benzene rings is 1. The van der Waals surface area contributed by atoms with Crippen molar-refractivity contribution in [2.75, 3.05) is 23.8 Å². The van der Waals surface area contributed by atoms with Gasteiger partial charge >= 0.3 is 0 Å². The van der Waals surface area contributed by atoms with Crippen LogP contribution in [0.4, 0.5) is 22.0 Å². The summed E-state index contributed by atoms with van der Waals surface area (Å²) >= 11 is 0. The van der Waals surface area contributed by atoms with Gasteiger partial charge in [0, 0.05) is 25.1 Å². The first-order valence-corrected chi connectivity index (χ1v) is 9.84. The Balaban J connectivity index is 1.53. The molecule has 1 aromatic carbocycles. The molecule has 2 N–H and O–H groups in total. The number of halogens is 1. The summed E-state index contributed by atoms with van der Waals surface area (Å²) < 4.78 is 24.7. The standard InChI is InChI=1S/C21H23FN6O2/c1-14(15-4-6-16(22)7-5-15)25-21-27-18(26-19-12-23-8-9-24-19)11-20(28-21)30-13-17-3-2-10-29-17/h4-9,11-12,14,17H,2-3,10,13H2,1H3,(H2,24,25,26,27,28)/t14?,17-/m0/s1. The second kappa shape index (κ2) is 9.45. The van der Waals surface area contributed by atoms with Gasteiger partial charge in [-0.1, -0.05) is 12.1 Å². The van der Waals surface area contributed by atoms with Gasteiger partial charge in [-0.3, -0.25) is 4.98 Å². The molecule has 156 valence electrons. The molecule has 4 rings (SSSR count). The van der Waals surface area contributed by atoms with Crippen LogP contribution in [0.2, 0.25) is 0 Å². The van der Waals surface area contributed by atoms with Crippen molar-refractivity contribution in [3.05, 3.63) is 60.3 Å². The predicted molar refractivity (Wildman–Crippen MR) is 110 cm³/mol. The first kappa shape index (κ1) is 20.0. The van der Waals surface area contributed by atoms with E-state index in [0.29, 0.717) is 30.1 Å². The van der Waals surface area contributed by atoms with Gasteiger partial charge in [0.05, 0.1) is 18.3 Å². The van der Waals surface area contributed by atoms with Gasteiger partial charge in [0.25, 0.3) is 0 Å². The average molecular weight is 410 g/mol. The Kier molecular flexibility index (Phi) is 6.29. The summed E-state index contributed by atoms with van der Waals surface area (Å²) in [4.78, 5) is 17.2. The van der Waals surface area contributed by atoms with E-state index in [9.17, 15) is 4.39 Å². The van der Waals surface area contributed by atoms with Crippen LogP contribution in [0.1, 0.15) is 31.4 Å². The molecule has 2 aromatic heterocycles. The highest BCUT2D eigenvalue weighted by Crippen LogP contribution is 2.23. The molecule has 0 spiro atoms. The Morgan fingerprint density at radius 2 is 2.07 bits per heavy atom. The number of nitrogens with zero attached hydrogens (tertiary/aromatic N) is 4. The van der Waals surface area contributed by atoms with Crippen LogP contribution in [0, 0.1) is 5.82 Å². The maximum Gasteiger partial charge on any atom is 0.228 e. The zero-order valence-corrected chi connectivity index (χ0v) is 16.6. The van der Waals surface area contributed by atoms with Crippen LogP contribution in [0.3, 0.4) is 0 Å². The van der Waals surface area contributed by atoms with Gasteiger partial charge < -0.3 is 20.1 Å². The first-order valence-electron chi connectivity index (χ1n) is 9.84. The number of ether oxygens (including phenoxy) is 2. The van der Waals surface area contributed by atoms with Crippen molar-refractivity contribution in [3.63, 3.8) is 0 Å². The van der Waals surface area contributed by atoms with Crippen molar-refractivity contribution in [1.82, 2.24) is 19.9 Å². The monoisotopic (exact) mass is 410 g/mol. The summed E-state index contributed by atoms with van der Waals surface area (Å²) in [6.07, 6.45) is 6.88. The lowest BCUT2D eigenvalue weighted by Gasteiger charge is -2.17. The molecule has 0 aliphatic carbocycles. The van der Waals surface area contributed by atoms with E-state index >= 15 is 0 Å². The molecule has 3 heterocycles. The molecule has 9 heteroatoms. The van der Waals surface area contributed by atoms with Crippen LogP contribution in [0.15, 0.2) is 48.9 Å². The van der Waals surface area contributed by atoms with E-state index in [2.05, 4.69) is 30.6 Å². The maximum absolute atomic E-state index is 13.2. The number of aromatic nitrogens is 4. The van der Waals surface area contributed by atoms with Crippen LogP contribution in [0.25, 0.3) is 0 Å². The van der Waals surface area contributed by atoms with E-state index in [4.69, 9.17) is 9.47 Å².